The largest absolute Gasteiger partial charge is 0.254 e. The molecule has 0 atom stereocenters. The molecule has 0 amide bonds. The van der Waals surface area contributed by atoms with Crippen LogP contribution in [0, 0.1) is 6.92 Å². The quantitative estimate of drug-likeness (QED) is 0.391. The third kappa shape index (κ3) is 3.35. The van der Waals surface area contributed by atoms with Crippen LogP contribution < -0.4 is 4.68 Å². The van der Waals surface area contributed by atoms with Gasteiger partial charge in [-0.2, -0.15) is 0 Å². The number of aryl methyl sites for hydroxylation is 2. The van der Waals surface area contributed by atoms with Gasteiger partial charge in [0, 0.05) is 5.56 Å². The Bertz CT molecular complexity index is 1160. The molecule has 0 aliphatic rings. The smallest absolute Gasteiger partial charge is 0.203 e. The zero-order chi connectivity index (χ0) is 20.7. The lowest BCUT2D eigenvalue weighted by molar-refractivity contribution is -0.741. The molecule has 0 aliphatic heterocycles. The highest BCUT2D eigenvalue weighted by Gasteiger charge is 2.20. The van der Waals surface area contributed by atoms with Gasteiger partial charge in [0.15, 0.2) is 7.05 Å². The number of hydrogen-bond acceptors (Lipinski definition) is 1. The Morgan fingerprint density at radius 1 is 0.897 bits per heavy atom. The molecule has 3 nitrogen and oxygen atoms in total. The minimum absolute atomic E-state index is 0.455. The normalized spacial score (nSPS) is 11.7. The lowest BCUT2D eigenvalue weighted by Gasteiger charge is -2.20. The van der Waals surface area contributed by atoms with Gasteiger partial charge in [0.05, 0.1) is 17.3 Å². The molecule has 2 aromatic heterocycles. The zero-order valence-electron chi connectivity index (χ0n) is 18.3. The van der Waals surface area contributed by atoms with Crippen LogP contribution in [0.15, 0.2) is 60.9 Å². The molecule has 4 aromatic rings. The Labute approximate surface area is 173 Å². The average Bonchev–Trinajstić information content (AvgIpc) is 3.02. The molecule has 0 bridgehead atoms. The van der Waals surface area contributed by atoms with Crippen molar-refractivity contribution in [1.29, 1.82) is 0 Å². The second kappa shape index (κ2) is 7.47. The summed E-state index contributed by atoms with van der Waals surface area (Å²) in [6.07, 6.45) is 4.19. The van der Waals surface area contributed by atoms with Gasteiger partial charge >= 0.3 is 0 Å². The van der Waals surface area contributed by atoms with Gasteiger partial charge in [-0.15, -0.1) is 9.36 Å². The van der Waals surface area contributed by atoms with E-state index in [2.05, 4.69) is 106 Å². The van der Waals surface area contributed by atoms with E-state index in [0.717, 1.165) is 11.4 Å². The van der Waals surface area contributed by atoms with Crippen molar-refractivity contribution in [3.8, 4) is 16.9 Å². The van der Waals surface area contributed by atoms with E-state index in [-0.39, 0.29) is 0 Å². The van der Waals surface area contributed by atoms with Crippen molar-refractivity contribution in [2.75, 3.05) is 0 Å². The van der Waals surface area contributed by atoms with E-state index in [1.54, 1.807) is 0 Å². The Balaban J connectivity index is 1.91. The van der Waals surface area contributed by atoms with Gasteiger partial charge in [-0.1, -0.05) is 58.0 Å². The summed E-state index contributed by atoms with van der Waals surface area (Å²) in [4.78, 5) is 4.97. The number of para-hydroxylation sites is 1. The van der Waals surface area contributed by atoms with Crippen LogP contribution in [-0.2, 0) is 7.05 Å². The topological polar surface area (TPSA) is 21.7 Å². The molecular formula is C26H30N3+. The third-order valence-corrected chi connectivity index (χ3v) is 5.75. The maximum Gasteiger partial charge on any atom is 0.203 e. The average molecular weight is 385 g/mol. The maximum atomic E-state index is 4.97. The fourth-order valence-electron chi connectivity index (χ4n) is 4.27. The predicted octanol–water partition coefficient (Wildman–Crippen LogP) is 6.07. The first kappa shape index (κ1) is 19.4. The summed E-state index contributed by atoms with van der Waals surface area (Å²) >= 11 is 0. The maximum absolute atomic E-state index is 4.97. The number of rotatable bonds is 4. The first-order valence-corrected chi connectivity index (χ1v) is 10.4. The number of fused-ring (bicyclic) bond motifs is 1. The summed E-state index contributed by atoms with van der Waals surface area (Å²) in [6, 6.07) is 17.4. The molecule has 2 heterocycles. The second-order valence-corrected chi connectivity index (χ2v) is 8.55. The first-order chi connectivity index (χ1) is 13.9. The van der Waals surface area contributed by atoms with E-state index in [0.29, 0.717) is 11.8 Å². The summed E-state index contributed by atoms with van der Waals surface area (Å²) in [5.74, 6) is 0.911. The molecule has 2 aromatic carbocycles. The molecule has 3 heteroatoms. The summed E-state index contributed by atoms with van der Waals surface area (Å²) < 4.78 is 4.37. The lowest BCUT2D eigenvalue weighted by atomic mass is 9.86. The minimum atomic E-state index is 0.455. The van der Waals surface area contributed by atoms with Crippen LogP contribution in [0.4, 0.5) is 0 Å². The third-order valence-electron chi connectivity index (χ3n) is 5.75. The Morgan fingerprint density at radius 2 is 1.55 bits per heavy atom. The Kier molecular flexibility index (Phi) is 4.99. The molecule has 148 valence electrons. The highest BCUT2D eigenvalue weighted by Crippen LogP contribution is 2.36. The fourth-order valence-corrected chi connectivity index (χ4v) is 4.27. The minimum Gasteiger partial charge on any atom is -0.254 e. The van der Waals surface area contributed by atoms with Crippen molar-refractivity contribution in [3.63, 3.8) is 0 Å². The molecule has 0 aliphatic carbocycles. The van der Waals surface area contributed by atoms with Crippen molar-refractivity contribution < 1.29 is 4.68 Å². The molecule has 0 N–H and O–H groups in total. The van der Waals surface area contributed by atoms with Crippen molar-refractivity contribution in [1.82, 2.24) is 9.67 Å². The van der Waals surface area contributed by atoms with E-state index >= 15 is 0 Å². The van der Waals surface area contributed by atoms with Crippen LogP contribution >= 0.6 is 0 Å². The van der Waals surface area contributed by atoms with Gasteiger partial charge in [0.2, 0.25) is 6.20 Å². The summed E-state index contributed by atoms with van der Waals surface area (Å²) in [5, 5.41) is 1.23. The van der Waals surface area contributed by atoms with Gasteiger partial charge in [-0.3, -0.25) is 4.98 Å². The molecule has 0 saturated heterocycles. The van der Waals surface area contributed by atoms with Gasteiger partial charge in [-0.05, 0) is 53.6 Å². The summed E-state index contributed by atoms with van der Waals surface area (Å²) in [5.41, 5.74) is 8.64. The summed E-state index contributed by atoms with van der Waals surface area (Å²) in [7, 11) is 2.08. The van der Waals surface area contributed by atoms with E-state index in [1.165, 1.54) is 33.2 Å². The van der Waals surface area contributed by atoms with Gasteiger partial charge in [0.25, 0.3) is 0 Å². The van der Waals surface area contributed by atoms with E-state index in [9.17, 15) is 0 Å². The number of aromatic nitrogens is 3. The number of benzene rings is 2. The molecule has 0 spiro atoms. The lowest BCUT2D eigenvalue weighted by Crippen LogP contribution is -2.37. The SMILES string of the molecule is Cc1cc(-c2c(C(C)C)cccc2C(C)C)ncc1-n1c2ccccc2c[n+]1C. The molecule has 0 unspecified atom stereocenters. The van der Waals surface area contributed by atoms with Crippen LogP contribution in [0.3, 0.4) is 0 Å². The molecule has 4 rings (SSSR count). The van der Waals surface area contributed by atoms with Crippen molar-refractivity contribution in [3.05, 3.63) is 77.6 Å². The van der Waals surface area contributed by atoms with Crippen LogP contribution in [0.5, 0.6) is 0 Å². The van der Waals surface area contributed by atoms with Crippen molar-refractivity contribution in [2.45, 2.75) is 46.5 Å². The first-order valence-electron chi connectivity index (χ1n) is 10.4. The van der Waals surface area contributed by atoms with Crippen LogP contribution in [-0.4, -0.2) is 9.67 Å². The van der Waals surface area contributed by atoms with Gasteiger partial charge in [-0.25, -0.2) is 0 Å². The Morgan fingerprint density at radius 3 is 2.17 bits per heavy atom. The monoisotopic (exact) mass is 384 g/mol. The second-order valence-electron chi connectivity index (χ2n) is 8.55. The van der Waals surface area contributed by atoms with E-state index < -0.39 is 0 Å². The van der Waals surface area contributed by atoms with Gasteiger partial charge in [0.1, 0.15) is 11.2 Å². The number of hydrogen-bond donors (Lipinski definition) is 0. The van der Waals surface area contributed by atoms with Crippen LogP contribution in [0.1, 0.15) is 56.2 Å². The molecular weight excluding hydrogens is 354 g/mol. The highest BCUT2D eigenvalue weighted by atomic mass is 15.4. The van der Waals surface area contributed by atoms with Crippen molar-refractivity contribution in [2.24, 2.45) is 7.05 Å². The summed E-state index contributed by atoms with van der Waals surface area (Å²) in [6.45, 7) is 11.2. The molecule has 0 fully saturated rings. The Hall–Kier alpha value is -2.94. The standard InChI is InChI=1S/C26H30N3/c1-17(2)21-11-9-12-22(18(3)4)26(21)23-14-19(5)25(15-27-23)29-24-13-8-7-10-20(24)16-28(29)6/h7-18H,1-6H3/q+1. The number of pyridine rings is 1. The molecule has 0 radical (unpaired) electrons. The van der Waals surface area contributed by atoms with Gasteiger partial charge < -0.3 is 0 Å². The van der Waals surface area contributed by atoms with Crippen LogP contribution in [0.25, 0.3) is 27.8 Å². The van der Waals surface area contributed by atoms with E-state index in [1.807, 2.05) is 6.20 Å². The fraction of sp³-hybridized carbons (Fsp3) is 0.308. The number of nitrogens with zero attached hydrogens (tertiary/aromatic N) is 3. The van der Waals surface area contributed by atoms with Crippen molar-refractivity contribution >= 4 is 10.9 Å². The predicted molar refractivity (Wildman–Crippen MR) is 121 cm³/mol. The van der Waals surface area contributed by atoms with E-state index in [4.69, 9.17) is 4.98 Å². The van der Waals surface area contributed by atoms with Crippen LogP contribution in [0.2, 0.25) is 0 Å². The molecule has 29 heavy (non-hydrogen) atoms. The highest BCUT2D eigenvalue weighted by molar-refractivity contribution is 5.79. The molecule has 0 saturated carbocycles. The zero-order valence-corrected chi connectivity index (χ0v) is 18.3.